The van der Waals surface area contributed by atoms with Crippen molar-refractivity contribution < 1.29 is 14.3 Å². The molecule has 1 aromatic carbocycles. The minimum absolute atomic E-state index is 0.0563. The number of rotatable bonds is 4. The molecule has 1 heterocycles. The number of carbonyl (C=O) groups excluding carboxylic acids is 2. The molecule has 1 aliphatic heterocycles. The summed E-state index contributed by atoms with van der Waals surface area (Å²) in [5.41, 5.74) is 0.899. The van der Waals surface area contributed by atoms with Gasteiger partial charge in [-0.3, -0.25) is 4.79 Å². The summed E-state index contributed by atoms with van der Waals surface area (Å²) in [6.07, 6.45) is 0. The van der Waals surface area contributed by atoms with Gasteiger partial charge in [-0.25, -0.2) is 4.79 Å². The summed E-state index contributed by atoms with van der Waals surface area (Å²) in [6.45, 7) is 5.63. The molecule has 2 unspecified atom stereocenters. The first-order chi connectivity index (χ1) is 9.63. The minimum Gasteiger partial charge on any atom is -0.462 e. The number of ether oxygens (including phenoxy) is 1. The number of esters is 1. The summed E-state index contributed by atoms with van der Waals surface area (Å²) in [4.78, 5) is 24.1. The van der Waals surface area contributed by atoms with Crippen molar-refractivity contribution in [2.75, 3.05) is 25.0 Å². The molecule has 2 N–H and O–H groups in total. The second-order valence-electron chi connectivity index (χ2n) is 5.00. The molecule has 2 rings (SSSR count). The number of hydrogen-bond donors (Lipinski definition) is 2. The van der Waals surface area contributed by atoms with Crippen molar-refractivity contribution >= 4 is 17.6 Å². The number of hydrogen-bond acceptors (Lipinski definition) is 4. The van der Waals surface area contributed by atoms with E-state index in [1.165, 1.54) is 0 Å². The maximum atomic E-state index is 12.3. The van der Waals surface area contributed by atoms with Gasteiger partial charge in [-0.2, -0.15) is 0 Å². The lowest BCUT2D eigenvalue weighted by Crippen LogP contribution is -2.28. The summed E-state index contributed by atoms with van der Waals surface area (Å²) in [6, 6.07) is 6.91. The maximum Gasteiger partial charge on any atom is 0.340 e. The lowest BCUT2D eigenvalue weighted by molar-refractivity contribution is -0.120. The van der Waals surface area contributed by atoms with Crippen LogP contribution in [0.2, 0.25) is 0 Å². The molecule has 1 aromatic rings. The van der Waals surface area contributed by atoms with Gasteiger partial charge in [0.15, 0.2) is 0 Å². The average molecular weight is 276 g/mol. The van der Waals surface area contributed by atoms with Gasteiger partial charge in [0.05, 0.1) is 23.8 Å². The lowest BCUT2D eigenvalue weighted by atomic mass is 9.97. The Bertz CT molecular complexity index is 502. The molecule has 0 spiro atoms. The van der Waals surface area contributed by atoms with E-state index in [0.29, 0.717) is 30.3 Å². The summed E-state index contributed by atoms with van der Waals surface area (Å²) in [5, 5.41) is 6.04. The first-order valence-electron chi connectivity index (χ1n) is 6.91. The van der Waals surface area contributed by atoms with Crippen LogP contribution in [-0.4, -0.2) is 31.6 Å². The normalized spacial score (nSPS) is 21.5. The van der Waals surface area contributed by atoms with Gasteiger partial charge in [0, 0.05) is 6.54 Å². The predicted molar refractivity (Wildman–Crippen MR) is 76.6 cm³/mol. The van der Waals surface area contributed by atoms with Crippen LogP contribution in [0.1, 0.15) is 24.2 Å². The smallest absolute Gasteiger partial charge is 0.340 e. The van der Waals surface area contributed by atoms with Crippen molar-refractivity contribution in [1.82, 2.24) is 5.32 Å². The number of carbonyl (C=O) groups is 2. The highest BCUT2D eigenvalue weighted by Gasteiger charge is 2.30. The van der Waals surface area contributed by atoms with Crippen molar-refractivity contribution in [2.24, 2.45) is 11.8 Å². The molecule has 0 bridgehead atoms. The molecular formula is C15H20N2O3. The summed E-state index contributed by atoms with van der Waals surface area (Å²) in [5.74, 6) is -0.241. The molecule has 1 aliphatic rings. The third-order valence-corrected chi connectivity index (χ3v) is 3.53. The quantitative estimate of drug-likeness (QED) is 0.821. The molecule has 0 aromatic heterocycles. The van der Waals surface area contributed by atoms with Gasteiger partial charge in [-0.15, -0.1) is 0 Å². The molecule has 5 heteroatoms. The van der Waals surface area contributed by atoms with Gasteiger partial charge in [0.1, 0.15) is 0 Å². The molecule has 0 aliphatic carbocycles. The monoisotopic (exact) mass is 276 g/mol. The molecule has 1 saturated heterocycles. The molecule has 20 heavy (non-hydrogen) atoms. The third-order valence-electron chi connectivity index (χ3n) is 3.53. The number of amides is 1. The van der Waals surface area contributed by atoms with Gasteiger partial charge in [0.25, 0.3) is 0 Å². The van der Waals surface area contributed by atoms with Crippen LogP contribution in [0, 0.1) is 11.8 Å². The van der Waals surface area contributed by atoms with E-state index < -0.39 is 5.97 Å². The van der Waals surface area contributed by atoms with Gasteiger partial charge >= 0.3 is 5.97 Å². The van der Waals surface area contributed by atoms with Gasteiger partial charge in [-0.1, -0.05) is 19.1 Å². The van der Waals surface area contributed by atoms with Crippen LogP contribution in [-0.2, 0) is 9.53 Å². The Morgan fingerprint density at radius 3 is 2.75 bits per heavy atom. The molecule has 0 saturated carbocycles. The SMILES string of the molecule is CCOC(=O)c1ccccc1NC(=O)C1CNCC1C. The van der Waals surface area contributed by atoms with Crippen molar-refractivity contribution in [1.29, 1.82) is 0 Å². The van der Waals surface area contributed by atoms with E-state index in [2.05, 4.69) is 10.6 Å². The second-order valence-corrected chi connectivity index (χ2v) is 5.00. The number of benzene rings is 1. The third kappa shape index (κ3) is 3.17. The molecule has 5 nitrogen and oxygen atoms in total. The molecule has 108 valence electrons. The Morgan fingerprint density at radius 1 is 1.35 bits per heavy atom. The number of anilines is 1. The van der Waals surface area contributed by atoms with Gasteiger partial charge < -0.3 is 15.4 Å². The zero-order valence-electron chi connectivity index (χ0n) is 11.8. The Kier molecular flexibility index (Phi) is 4.74. The number of nitrogens with one attached hydrogen (secondary N) is 2. The van der Waals surface area contributed by atoms with Crippen molar-refractivity contribution in [2.45, 2.75) is 13.8 Å². The highest BCUT2D eigenvalue weighted by molar-refractivity contribution is 6.02. The first kappa shape index (κ1) is 14.5. The summed E-state index contributed by atoms with van der Waals surface area (Å²) >= 11 is 0. The maximum absolute atomic E-state index is 12.3. The highest BCUT2D eigenvalue weighted by Crippen LogP contribution is 2.21. The molecule has 2 atom stereocenters. The van der Waals surface area contributed by atoms with Crippen molar-refractivity contribution in [3.63, 3.8) is 0 Å². The van der Waals surface area contributed by atoms with E-state index in [1.54, 1.807) is 31.2 Å². The van der Waals surface area contributed by atoms with E-state index in [-0.39, 0.29) is 11.8 Å². The van der Waals surface area contributed by atoms with Crippen LogP contribution in [0.4, 0.5) is 5.69 Å². The molecule has 1 amide bonds. The fourth-order valence-corrected chi connectivity index (χ4v) is 2.37. The molecular weight excluding hydrogens is 256 g/mol. The minimum atomic E-state index is -0.416. The van der Waals surface area contributed by atoms with Crippen molar-refractivity contribution in [3.05, 3.63) is 29.8 Å². The fraction of sp³-hybridized carbons (Fsp3) is 0.467. The van der Waals surface area contributed by atoms with E-state index in [0.717, 1.165) is 6.54 Å². The summed E-state index contributed by atoms with van der Waals surface area (Å²) < 4.78 is 4.99. The van der Waals surface area contributed by atoms with E-state index >= 15 is 0 Å². The zero-order chi connectivity index (χ0) is 14.5. The van der Waals surface area contributed by atoms with Crippen LogP contribution >= 0.6 is 0 Å². The Morgan fingerprint density at radius 2 is 2.10 bits per heavy atom. The topological polar surface area (TPSA) is 67.4 Å². The fourth-order valence-electron chi connectivity index (χ4n) is 2.37. The van der Waals surface area contributed by atoms with Crippen molar-refractivity contribution in [3.8, 4) is 0 Å². The second kappa shape index (κ2) is 6.52. The van der Waals surface area contributed by atoms with Crippen LogP contribution in [0.5, 0.6) is 0 Å². The van der Waals surface area contributed by atoms with Gasteiger partial charge in [0.2, 0.25) is 5.91 Å². The average Bonchev–Trinajstić information content (AvgIpc) is 2.86. The first-order valence-corrected chi connectivity index (χ1v) is 6.91. The van der Waals surface area contributed by atoms with Crippen LogP contribution in [0.3, 0.4) is 0 Å². The summed E-state index contributed by atoms with van der Waals surface area (Å²) in [7, 11) is 0. The standard InChI is InChI=1S/C15H20N2O3/c1-3-20-15(19)11-6-4-5-7-13(11)17-14(18)12-9-16-8-10(12)2/h4-7,10,12,16H,3,8-9H2,1-2H3,(H,17,18). The highest BCUT2D eigenvalue weighted by atomic mass is 16.5. The molecule has 0 radical (unpaired) electrons. The van der Waals surface area contributed by atoms with Crippen LogP contribution in [0.15, 0.2) is 24.3 Å². The molecule has 1 fully saturated rings. The number of para-hydroxylation sites is 1. The Balaban J connectivity index is 2.13. The largest absolute Gasteiger partial charge is 0.462 e. The van der Waals surface area contributed by atoms with E-state index in [4.69, 9.17) is 4.74 Å². The van der Waals surface area contributed by atoms with Crippen LogP contribution in [0.25, 0.3) is 0 Å². The zero-order valence-corrected chi connectivity index (χ0v) is 11.8. The van der Waals surface area contributed by atoms with E-state index in [9.17, 15) is 9.59 Å². The Labute approximate surface area is 118 Å². The lowest BCUT2D eigenvalue weighted by Gasteiger charge is -2.16. The van der Waals surface area contributed by atoms with Crippen LogP contribution < -0.4 is 10.6 Å². The van der Waals surface area contributed by atoms with Gasteiger partial charge in [-0.05, 0) is 31.5 Å². The Hall–Kier alpha value is -1.88. The predicted octanol–water partition coefficient (Wildman–Crippen LogP) is 1.66. The van der Waals surface area contributed by atoms with E-state index in [1.807, 2.05) is 6.92 Å².